The highest BCUT2D eigenvalue weighted by Crippen LogP contribution is 2.28. The quantitative estimate of drug-likeness (QED) is 0.654. The Bertz CT molecular complexity index is 501. The summed E-state index contributed by atoms with van der Waals surface area (Å²) in [7, 11) is 0. The van der Waals surface area contributed by atoms with Gasteiger partial charge in [-0.15, -0.1) is 0 Å². The molecular formula is C12H10N2. The lowest BCUT2D eigenvalue weighted by Crippen LogP contribution is -1.82. The van der Waals surface area contributed by atoms with Gasteiger partial charge < -0.3 is 0 Å². The highest BCUT2D eigenvalue weighted by molar-refractivity contribution is 5.94. The van der Waals surface area contributed by atoms with Crippen molar-refractivity contribution < 1.29 is 0 Å². The topological polar surface area (TPSA) is 25.2 Å². The first-order valence-electron chi connectivity index (χ1n) is 4.33. The molecule has 0 atom stereocenters. The Morgan fingerprint density at radius 1 is 1.29 bits per heavy atom. The van der Waals surface area contributed by atoms with Crippen LogP contribution in [0.25, 0.3) is 17.0 Å². The Morgan fingerprint density at radius 3 is 2.79 bits per heavy atom. The van der Waals surface area contributed by atoms with Crippen molar-refractivity contribution in [3.05, 3.63) is 42.6 Å². The number of pyridine rings is 1. The van der Waals surface area contributed by atoms with Crippen LogP contribution in [0.3, 0.4) is 0 Å². The van der Waals surface area contributed by atoms with Gasteiger partial charge in [-0.3, -0.25) is 9.98 Å². The van der Waals surface area contributed by atoms with Crippen molar-refractivity contribution in [3.63, 3.8) is 0 Å². The van der Waals surface area contributed by atoms with Crippen molar-refractivity contribution in [1.29, 1.82) is 0 Å². The molecule has 1 heterocycles. The van der Waals surface area contributed by atoms with Crippen LogP contribution in [-0.2, 0) is 0 Å². The second-order valence-electron chi connectivity index (χ2n) is 2.94. The number of fused-ring (bicyclic) bond motifs is 1. The normalized spacial score (nSPS) is 10.0. The molecule has 0 radical (unpaired) electrons. The third kappa shape index (κ3) is 1.21. The Balaban J connectivity index is 2.90. The zero-order valence-electron chi connectivity index (χ0n) is 7.77. The molecule has 0 fully saturated rings. The lowest BCUT2D eigenvalue weighted by molar-refractivity contribution is 1.38. The van der Waals surface area contributed by atoms with Crippen molar-refractivity contribution in [2.45, 2.75) is 0 Å². The first-order valence-corrected chi connectivity index (χ1v) is 4.33. The fraction of sp³-hybridized carbons (Fsp3) is 0. The molecule has 0 saturated carbocycles. The monoisotopic (exact) mass is 182 g/mol. The van der Waals surface area contributed by atoms with Crippen LogP contribution in [-0.4, -0.2) is 11.7 Å². The number of aliphatic imine (C=N–C) groups is 1. The molecule has 2 heteroatoms. The SMILES string of the molecule is C=Cc1cnc2ccccc2c1N=C. The summed E-state index contributed by atoms with van der Waals surface area (Å²) in [5.74, 6) is 0. The van der Waals surface area contributed by atoms with Gasteiger partial charge in [-0.05, 0) is 12.8 Å². The molecule has 0 amide bonds. The smallest absolute Gasteiger partial charge is 0.0803 e. The molecule has 0 saturated heterocycles. The van der Waals surface area contributed by atoms with E-state index in [1.165, 1.54) is 0 Å². The Hall–Kier alpha value is -1.96. The molecule has 0 aliphatic heterocycles. The average Bonchev–Trinajstić information content (AvgIpc) is 2.27. The van der Waals surface area contributed by atoms with Gasteiger partial charge in [0, 0.05) is 17.1 Å². The van der Waals surface area contributed by atoms with Crippen LogP contribution in [0.1, 0.15) is 5.56 Å². The van der Waals surface area contributed by atoms with Gasteiger partial charge in [-0.1, -0.05) is 30.9 Å². The van der Waals surface area contributed by atoms with Crippen molar-refractivity contribution >= 4 is 29.4 Å². The van der Waals surface area contributed by atoms with E-state index in [1.54, 1.807) is 12.3 Å². The zero-order chi connectivity index (χ0) is 9.97. The second kappa shape index (κ2) is 3.42. The molecule has 2 rings (SSSR count). The second-order valence-corrected chi connectivity index (χ2v) is 2.94. The lowest BCUT2D eigenvalue weighted by Gasteiger charge is -2.03. The van der Waals surface area contributed by atoms with E-state index in [0.717, 1.165) is 22.2 Å². The summed E-state index contributed by atoms with van der Waals surface area (Å²) in [5, 5.41) is 1.01. The largest absolute Gasteiger partial charge is 0.263 e. The fourth-order valence-electron chi connectivity index (χ4n) is 1.47. The summed E-state index contributed by atoms with van der Waals surface area (Å²) in [6.07, 6.45) is 3.50. The molecule has 0 bridgehead atoms. The summed E-state index contributed by atoms with van der Waals surface area (Å²) in [4.78, 5) is 8.31. The van der Waals surface area contributed by atoms with Crippen LogP contribution in [0.15, 0.2) is 42.0 Å². The number of aromatic nitrogens is 1. The molecule has 0 aliphatic rings. The van der Waals surface area contributed by atoms with Crippen LogP contribution in [0.2, 0.25) is 0 Å². The Labute approximate surface area is 82.6 Å². The molecule has 0 spiro atoms. The van der Waals surface area contributed by atoms with Crippen molar-refractivity contribution in [1.82, 2.24) is 4.98 Å². The van der Waals surface area contributed by atoms with Crippen LogP contribution in [0, 0.1) is 0 Å². The molecule has 2 aromatic rings. The maximum atomic E-state index is 4.30. The molecule has 14 heavy (non-hydrogen) atoms. The predicted octanol–water partition coefficient (Wildman–Crippen LogP) is 3.21. The number of hydrogen-bond acceptors (Lipinski definition) is 2. The maximum absolute atomic E-state index is 4.30. The van der Waals surface area contributed by atoms with Gasteiger partial charge in [0.2, 0.25) is 0 Å². The van der Waals surface area contributed by atoms with E-state index in [1.807, 2.05) is 24.3 Å². The van der Waals surface area contributed by atoms with Crippen LogP contribution in [0.4, 0.5) is 5.69 Å². The summed E-state index contributed by atoms with van der Waals surface area (Å²) in [6, 6.07) is 7.86. The van der Waals surface area contributed by atoms with Crippen molar-refractivity contribution in [2.24, 2.45) is 4.99 Å². The fourth-order valence-corrected chi connectivity index (χ4v) is 1.47. The van der Waals surface area contributed by atoms with Crippen molar-refractivity contribution in [2.75, 3.05) is 0 Å². The number of benzene rings is 1. The van der Waals surface area contributed by atoms with Crippen molar-refractivity contribution in [3.8, 4) is 0 Å². The molecule has 2 nitrogen and oxygen atoms in total. The van der Waals surface area contributed by atoms with Gasteiger partial charge in [0.1, 0.15) is 0 Å². The van der Waals surface area contributed by atoms with E-state index in [4.69, 9.17) is 0 Å². The standard InChI is InChI=1S/C12H10N2/c1-3-9-8-14-11-7-5-4-6-10(11)12(9)13-2/h3-8H,1-2H2. The molecule has 68 valence electrons. The number of rotatable bonds is 2. The minimum absolute atomic E-state index is 0.852. The van der Waals surface area contributed by atoms with Crippen LogP contribution >= 0.6 is 0 Å². The van der Waals surface area contributed by atoms with Gasteiger partial charge in [0.25, 0.3) is 0 Å². The highest BCUT2D eigenvalue weighted by atomic mass is 14.7. The lowest BCUT2D eigenvalue weighted by atomic mass is 10.1. The highest BCUT2D eigenvalue weighted by Gasteiger charge is 2.03. The predicted molar refractivity (Wildman–Crippen MR) is 61.0 cm³/mol. The molecule has 0 aliphatic carbocycles. The molecule has 1 aromatic carbocycles. The zero-order valence-corrected chi connectivity index (χ0v) is 7.77. The Kier molecular flexibility index (Phi) is 2.11. The van der Waals surface area contributed by atoms with Crippen LogP contribution in [0.5, 0.6) is 0 Å². The summed E-state index contributed by atoms with van der Waals surface area (Å²) >= 11 is 0. The third-order valence-electron chi connectivity index (χ3n) is 2.15. The van der Waals surface area contributed by atoms with E-state index >= 15 is 0 Å². The summed E-state index contributed by atoms with van der Waals surface area (Å²) < 4.78 is 0. The van der Waals surface area contributed by atoms with E-state index in [9.17, 15) is 0 Å². The summed E-state index contributed by atoms with van der Waals surface area (Å²) in [6.45, 7) is 7.28. The Morgan fingerprint density at radius 2 is 2.07 bits per heavy atom. The molecule has 0 unspecified atom stereocenters. The minimum Gasteiger partial charge on any atom is -0.263 e. The van der Waals surface area contributed by atoms with E-state index in [0.29, 0.717) is 0 Å². The van der Waals surface area contributed by atoms with E-state index in [-0.39, 0.29) is 0 Å². The molecular weight excluding hydrogens is 172 g/mol. The first kappa shape index (κ1) is 8.63. The van der Waals surface area contributed by atoms with Gasteiger partial charge in [-0.25, -0.2) is 0 Å². The molecule has 0 N–H and O–H groups in total. The number of nitrogens with zero attached hydrogens (tertiary/aromatic N) is 2. The van der Waals surface area contributed by atoms with Crippen LogP contribution < -0.4 is 0 Å². The average molecular weight is 182 g/mol. The molecule has 1 aromatic heterocycles. The summed E-state index contributed by atoms with van der Waals surface area (Å²) in [5.41, 5.74) is 2.70. The third-order valence-corrected chi connectivity index (χ3v) is 2.15. The van der Waals surface area contributed by atoms with Gasteiger partial charge >= 0.3 is 0 Å². The number of para-hydroxylation sites is 1. The van der Waals surface area contributed by atoms with Gasteiger partial charge in [-0.2, -0.15) is 0 Å². The maximum Gasteiger partial charge on any atom is 0.0803 e. The minimum atomic E-state index is 0.852. The van der Waals surface area contributed by atoms with Gasteiger partial charge in [0.05, 0.1) is 11.2 Å². The van der Waals surface area contributed by atoms with E-state index < -0.39 is 0 Å². The van der Waals surface area contributed by atoms with E-state index in [2.05, 4.69) is 23.3 Å². The number of hydrogen-bond donors (Lipinski definition) is 0. The first-order chi connectivity index (χ1) is 6.86. The van der Waals surface area contributed by atoms with Gasteiger partial charge in [0.15, 0.2) is 0 Å².